The minimum Gasteiger partial charge on any atom is -0.497 e. The fraction of sp³-hybridized carbons (Fsp3) is 0.294. The summed E-state index contributed by atoms with van der Waals surface area (Å²) < 4.78 is 15.7. The van der Waals surface area contributed by atoms with E-state index < -0.39 is 0 Å². The van der Waals surface area contributed by atoms with Crippen molar-refractivity contribution in [1.82, 2.24) is 0 Å². The maximum Gasteiger partial charge on any atom is 0.122 e. The molecule has 0 aliphatic carbocycles. The molecule has 1 unspecified atom stereocenters. The van der Waals surface area contributed by atoms with E-state index in [1.54, 1.807) is 21.3 Å². The first-order valence-electron chi connectivity index (χ1n) is 6.69. The van der Waals surface area contributed by atoms with Crippen molar-refractivity contribution in [1.29, 1.82) is 0 Å². The molecule has 21 heavy (non-hydrogen) atoms. The molecule has 0 heterocycles. The molecule has 0 saturated heterocycles. The van der Waals surface area contributed by atoms with Gasteiger partial charge in [-0.3, -0.25) is 0 Å². The highest BCUT2D eigenvalue weighted by Gasteiger charge is 2.15. The molecule has 0 fully saturated rings. The third kappa shape index (κ3) is 3.47. The van der Waals surface area contributed by atoms with Crippen LogP contribution in [0.3, 0.4) is 0 Å². The third-order valence-electron chi connectivity index (χ3n) is 3.48. The van der Waals surface area contributed by atoms with Crippen molar-refractivity contribution in [2.75, 3.05) is 27.9 Å². The largest absolute Gasteiger partial charge is 0.497 e. The van der Waals surface area contributed by atoms with Crippen molar-refractivity contribution < 1.29 is 19.3 Å². The summed E-state index contributed by atoms with van der Waals surface area (Å²) in [6, 6.07) is 13.3. The first-order chi connectivity index (χ1) is 10.2. The molecule has 1 atom stereocenters. The van der Waals surface area contributed by atoms with Crippen molar-refractivity contribution in [2.24, 2.45) is 0 Å². The summed E-state index contributed by atoms with van der Waals surface area (Å²) in [5, 5.41) is 9.77. The van der Waals surface area contributed by atoms with Crippen LogP contribution in [0.1, 0.15) is 17.0 Å². The van der Waals surface area contributed by atoms with E-state index >= 15 is 0 Å². The summed E-state index contributed by atoms with van der Waals surface area (Å²) in [7, 11) is 4.85. The van der Waals surface area contributed by atoms with Crippen LogP contribution >= 0.6 is 0 Å². The van der Waals surface area contributed by atoms with Crippen LogP contribution in [0.5, 0.6) is 17.2 Å². The molecule has 4 nitrogen and oxygen atoms in total. The fourth-order valence-electron chi connectivity index (χ4n) is 2.27. The predicted molar refractivity (Wildman–Crippen MR) is 81.5 cm³/mol. The summed E-state index contributed by atoms with van der Waals surface area (Å²) in [4.78, 5) is 0. The molecule has 0 saturated carbocycles. The van der Waals surface area contributed by atoms with Crippen molar-refractivity contribution in [2.45, 2.75) is 5.92 Å². The smallest absolute Gasteiger partial charge is 0.122 e. The lowest BCUT2D eigenvalue weighted by atomic mass is 9.91. The number of rotatable bonds is 6. The second kappa shape index (κ2) is 6.99. The van der Waals surface area contributed by atoms with E-state index in [9.17, 15) is 5.11 Å². The van der Waals surface area contributed by atoms with Crippen molar-refractivity contribution >= 4 is 0 Å². The molecule has 0 bridgehead atoms. The number of hydrogen-bond donors (Lipinski definition) is 1. The Hall–Kier alpha value is -2.20. The molecule has 4 heteroatoms. The van der Waals surface area contributed by atoms with Gasteiger partial charge in [0, 0.05) is 12.0 Å². The predicted octanol–water partition coefficient (Wildman–Crippen LogP) is 2.84. The van der Waals surface area contributed by atoms with E-state index in [1.165, 1.54) is 0 Å². The molecule has 0 spiro atoms. The number of ether oxygens (including phenoxy) is 3. The molecule has 0 radical (unpaired) electrons. The summed E-state index contributed by atoms with van der Waals surface area (Å²) in [5.41, 5.74) is 1.95. The van der Waals surface area contributed by atoms with Crippen LogP contribution in [0.4, 0.5) is 0 Å². The standard InChI is InChI=1S/C17H20O4/c1-19-14-6-4-12(5-7-14)17(11-18)13-8-15(20-2)10-16(9-13)21-3/h4-10,17-18H,11H2,1-3H3. The second-order valence-corrected chi connectivity index (χ2v) is 4.65. The number of aliphatic hydroxyl groups is 1. The highest BCUT2D eigenvalue weighted by Crippen LogP contribution is 2.31. The molecule has 0 amide bonds. The van der Waals surface area contributed by atoms with Crippen molar-refractivity contribution in [3.05, 3.63) is 53.6 Å². The van der Waals surface area contributed by atoms with E-state index in [1.807, 2.05) is 42.5 Å². The topological polar surface area (TPSA) is 47.9 Å². The van der Waals surface area contributed by atoms with E-state index in [2.05, 4.69) is 0 Å². The number of hydrogen-bond acceptors (Lipinski definition) is 4. The number of benzene rings is 2. The van der Waals surface area contributed by atoms with Gasteiger partial charge in [-0.15, -0.1) is 0 Å². The molecule has 0 aliphatic heterocycles. The summed E-state index contributed by atoms with van der Waals surface area (Å²) in [6.07, 6.45) is 0. The monoisotopic (exact) mass is 288 g/mol. The van der Waals surface area contributed by atoms with E-state index in [-0.39, 0.29) is 12.5 Å². The lowest BCUT2D eigenvalue weighted by molar-refractivity contribution is 0.280. The van der Waals surface area contributed by atoms with Gasteiger partial charge in [0.05, 0.1) is 27.9 Å². The van der Waals surface area contributed by atoms with Crippen molar-refractivity contribution in [3.63, 3.8) is 0 Å². The highest BCUT2D eigenvalue weighted by molar-refractivity contribution is 5.44. The van der Waals surface area contributed by atoms with Gasteiger partial charge in [-0.2, -0.15) is 0 Å². The number of methoxy groups -OCH3 is 3. The van der Waals surface area contributed by atoms with Gasteiger partial charge in [-0.05, 0) is 35.4 Å². The third-order valence-corrected chi connectivity index (χ3v) is 3.48. The van der Waals surface area contributed by atoms with E-state index in [0.29, 0.717) is 11.5 Å². The maximum atomic E-state index is 9.77. The Balaban J connectivity index is 2.39. The Kier molecular flexibility index (Phi) is 5.06. The average molecular weight is 288 g/mol. The van der Waals surface area contributed by atoms with Crippen LogP contribution in [0, 0.1) is 0 Å². The Morgan fingerprint density at radius 3 is 1.71 bits per heavy atom. The van der Waals surface area contributed by atoms with Crippen molar-refractivity contribution in [3.8, 4) is 17.2 Å². The first-order valence-corrected chi connectivity index (χ1v) is 6.69. The molecule has 0 aliphatic rings. The molecular formula is C17H20O4. The van der Waals surface area contributed by atoms with Crippen LogP contribution < -0.4 is 14.2 Å². The zero-order valence-corrected chi connectivity index (χ0v) is 12.5. The van der Waals surface area contributed by atoms with Gasteiger partial charge in [-0.25, -0.2) is 0 Å². The zero-order valence-electron chi connectivity index (χ0n) is 12.5. The van der Waals surface area contributed by atoms with Crippen LogP contribution in [0.25, 0.3) is 0 Å². The van der Waals surface area contributed by atoms with Gasteiger partial charge in [0.25, 0.3) is 0 Å². The fourth-order valence-corrected chi connectivity index (χ4v) is 2.27. The Bertz CT molecular complexity index is 556. The Labute approximate surface area is 124 Å². The summed E-state index contributed by atoms with van der Waals surface area (Å²) in [5.74, 6) is 2.06. The lowest BCUT2D eigenvalue weighted by Crippen LogP contribution is -2.06. The zero-order chi connectivity index (χ0) is 15.2. The molecule has 1 N–H and O–H groups in total. The SMILES string of the molecule is COc1ccc(C(CO)c2cc(OC)cc(OC)c2)cc1. The van der Waals surface area contributed by atoms with E-state index in [4.69, 9.17) is 14.2 Å². The molecular weight excluding hydrogens is 268 g/mol. The second-order valence-electron chi connectivity index (χ2n) is 4.65. The maximum absolute atomic E-state index is 9.77. The van der Waals surface area contributed by atoms with Gasteiger partial charge in [0.1, 0.15) is 17.2 Å². The van der Waals surface area contributed by atoms with E-state index in [0.717, 1.165) is 16.9 Å². The van der Waals surface area contributed by atoms with Gasteiger partial charge in [0.15, 0.2) is 0 Å². The first kappa shape index (κ1) is 15.2. The Morgan fingerprint density at radius 2 is 1.29 bits per heavy atom. The molecule has 0 aromatic heterocycles. The normalized spacial score (nSPS) is 11.8. The van der Waals surface area contributed by atoms with Gasteiger partial charge in [-0.1, -0.05) is 12.1 Å². The van der Waals surface area contributed by atoms with Gasteiger partial charge >= 0.3 is 0 Å². The Morgan fingerprint density at radius 1 is 0.762 bits per heavy atom. The summed E-state index contributed by atoms with van der Waals surface area (Å²) in [6.45, 7) is 0.00263. The molecule has 112 valence electrons. The van der Waals surface area contributed by atoms with Gasteiger partial charge in [0.2, 0.25) is 0 Å². The average Bonchev–Trinajstić information content (AvgIpc) is 2.55. The number of aliphatic hydroxyl groups excluding tert-OH is 1. The minimum atomic E-state index is -0.139. The highest BCUT2D eigenvalue weighted by atomic mass is 16.5. The van der Waals surface area contributed by atoms with Gasteiger partial charge < -0.3 is 19.3 Å². The molecule has 2 rings (SSSR count). The van der Waals surface area contributed by atoms with Crippen LogP contribution in [0.15, 0.2) is 42.5 Å². The van der Waals surface area contributed by atoms with Crippen LogP contribution in [0.2, 0.25) is 0 Å². The molecule has 2 aromatic rings. The minimum absolute atomic E-state index is 0.00263. The molecule has 2 aromatic carbocycles. The lowest BCUT2D eigenvalue weighted by Gasteiger charge is -2.17. The van der Waals surface area contributed by atoms with Crippen LogP contribution in [-0.4, -0.2) is 33.0 Å². The summed E-state index contributed by atoms with van der Waals surface area (Å²) >= 11 is 0. The quantitative estimate of drug-likeness (QED) is 0.888. The van der Waals surface area contributed by atoms with Crippen LogP contribution in [-0.2, 0) is 0 Å².